The molecule has 0 aliphatic heterocycles. The summed E-state index contributed by atoms with van der Waals surface area (Å²) >= 11 is 0. The van der Waals surface area contributed by atoms with E-state index in [1.54, 1.807) is 24.4 Å². The molecule has 0 radical (unpaired) electrons. The van der Waals surface area contributed by atoms with E-state index in [0.29, 0.717) is 5.82 Å². The van der Waals surface area contributed by atoms with Crippen LogP contribution in [-0.4, -0.2) is 16.6 Å². The van der Waals surface area contributed by atoms with Crippen molar-refractivity contribution in [2.75, 3.05) is 5.73 Å². The molecule has 0 amide bonds. The first-order chi connectivity index (χ1) is 7.37. The molecule has 1 rings (SSSR count). The second-order valence-electron chi connectivity index (χ2n) is 4.38. The van der Waals surface area contributed by atoms with Gasteiger partial charge in [-0.1, -0.05) is 0 Å². The summed E-state index contributed by atoms with van der Waals surface area (Å²) in [7, 11) is 0. The van der Waals surface area contributed by atoms with Gasteiger partial charge >= 0.3 is 5.97 Å². The summed E-state index contributed by atoms with van der Waals surface area (Å²) in [6, 6.07) is 3.46. The van der Waals surface area contributed by atoms with Gasteiger partial charge in [-0.05, 0) is 44.5 Å². The zero-order valence-corrected chi connectivity index (χ0v) is 9.73. The third kappa shape index (κ3) is 4.59. The topological polar surface area (TPSA) is 65.2 Å². The van der Waals surface area contributed by atoms with Crippen molar-refractivity contribution >= 4 is 17.9 Å². The summed E-state index contributed by atoms with van der Waals surface area (Å²) in [6.45, 7) is 5.47. The highest BCUT2D eigenvalue weighted by Gasteiger charge is 2.13. The molecule has 0 aromatic carbocycles. The van der Waals surface area contributed by atoms with Gasteiger partial charge < -0.3 is 10.5 Å². The molecule has 1 heterocycles. The molecule has 4 heteroatoms. The quantitative estimate of drug-likeness (QED) is 0.611. The SMILES string of the molecule is CC(C)(C)OC(=O)C=Cc1ccc(N)nc1. The molecule has 0 saturated heterocycles. The predicted molar refractivity (Wildman–Crippen MR) is 63.5 cm³/mol. The molecule has 0 fully saturated rings. The zero-order valence-electron chi connectivity index (χ0n) is 9.73. The molecule has 0 aliphatic carbocycles. The number of esters is 1. The summed E-state index contributed by atoms with van der Waals surface area (Å²) in [6.07, 6.45) is 4.61. The maximum atomic E-state index is 11.3. The molecule has 0 saturated carbocycles. The van der Waals surface area contributed by atoms with Gasteiger partial charge in [0.05, 0.1) is 0 Å². The summed E-state index contributed by atoms with van der Waals surface area (Å²) in [4.78, 5) is 15.3. The fraction of sp³-hybridized carbons (Fsp3) is 0.333. The molecule has 0 bridgehead atoms. The van der Waals surface area contributed by atoms with Gasteiger partial charge in [-0.2, -0.15) is 0 Å². The van der Waals surface area contributed by atoms with E-state index >= 15 is 0 Å². The van der Waals surface area contributed by atoms with Crippen LogP contribution in [0.3, 0.4) is 0 Å². The van der Waals surface area contributed by atoms with E-state index in [1.165, 1.54) is 6.08 Å². The van der Waals surface area contributed by atoms with E-state index in [4.69, 9.17) is 10.5 Å². The number of hydrogen-bond donors (Lipinski definition) is 1. The van der Waals surface area contributed by atoms with E-state index in [9.17, 15) is 4.79 Å². The Bertz CT molecular complexity index is 388. The third-order valence-electron chi connectivity index (χ3n) is 1.63. The van der Waals surface area contributed by atoms with Gasteiger partial charge in [0.25, 0.3) is 0 Å². The molecule has 86 valence electrons. The number of nitrogens with two attached hydrogens (primary N) is 1. The van der Waals surface area contributed by atoms with Crippen LogP contribution in [0.15, 0.2) is 24.4 Å². The minimum absolute atomic E-state index is 0.371. The van der Waals surface area contributed by atoms with Crippen molar-refractivity contribution in [1.82, 2.24) is 4.98 Å². The van der Waals surface area contributed by atoms with Crippen LogP contribution >= 0.6 is 0 Å². The number of pyridine rings is 1. The lowest BCUT2D eigenvalue weighted by atomic mass is 10.2. The van der Waals surface area contributed by atoms with Crippen molar-refractivity contribution in [2.45, 2.75) is 26.4 Å². The Balaban J connectivity index is 2.60. The number of nitrogens with zero attached hydrogens (tertiary/aromatic N) is 1. The highest BCUT2D eigenvalue weighted by Crippen LogP contribution is 2.08. The standard InChI is InChI=1S/C12H16N2O2/c1-12(2,3)16-11(15)7-5-9-4-6-10(13)14-8-9/h4-8H,1-3H3,(H2,13,14). The van der Waals surface area contributed by atoms with E-state index in [0.717, 1.165) is 5.56 Å². The van der Waals surface area contributed by atoms with Crippen LogP contribution in [0.4, 0.5) is 5.82 Å². The predicted octanol–water partition coefficient (Wildman–Crippen LogP) is 2.02. The number of carbonyl (C=O) groups excluding carboxylic acids is 1. The largest absolute Gasteiger partial charge is 0.457 e. The van der Waals surface area contributed by atoms with Gasteiger partial charge in [0.15, 0.2) is 0 Å². The van der Waals surface area contributed by atoms with E-state index < -0.39 is 5.60 Å². The van der Waals surface area contributed by atoms with Crippen molar-refractivity contribution in [3.05, 3.63) is 30.0 Å². The summed E-state index contributed by atoms with van der Waals surface area (Å²) < 4.78 is 5.11. The van der Waals surface area contributed by atoms with Crippen molar-refractivity contribution in [1.29, 1.82) is 0 Å². The molecule has 2 N–H and O–H groups in total. The number of ether oxygens (including phenoxy) is 1. The number of anilines is 1. The summed E-state index contributed by atoms with van der Waals surface area (Å²) in [5.74, 6) is 0.0822. The van der Waals surface area contributed by atoms with Gasteiger partial charge in [-0.15, -0.1) is 0 Å². The second kappa shape index (κ2) is 4.79. The first-order valence-corrected chi connectivity index (χ1v) is 4.99. The molecule has 0 unspecified atom stereocenters. The smallest absolute Gasteiger partial charge is 0.331 e. The van der Waals surface area contributed by atoms with E-state index in [2.05, 4.69) is 4.98 Å². The molecule has 16 heavy (non-hydrogen) atoms. The van der Waals surface area contributed by atoms with Crippen molar-refractivity contribution in [3.63, 3.8) is 0 Å². The minimum atomic E-state index is -0.471. The van der Waals surface area contributed by atoms with Crippen LogP contribution in [-0.2, 0) is 9.53 Å². The molecule has 0 atom stereocenters. The van der Waals surface area contributed by atoms with Crippen LogP contribution in [0.25, 0.3) is 6.08 Å². The number of nitrogen functional groups attached to an aromatic ring is 1. The van der Waals surface area contributed by atoms with Crippen molar-refractivity contribution in [2.24, 2.45) is 0 Å². The fourth-order valence-corrected chi connectivity index (χ4v) is 1.02. The monoisotopic (exact) mass is 220 g/mol. The average Bonchev–Trinajstić information content (AvgIpc) is 2.14. The number of hydrogen-bond acceptors (Lipinski definition) is 4. The van der Waals surface area contributed by atoms with Crippen LogP contribution in [0.1, 0.15) is 26.3 Å². The lowest BCUT2D eigenvalue weighted by Gasteiger charge is -2.17. The fourth-order valence-electron chi connectivity index (χ4n) is 1.02. The van der Waals surface area contributed by atoms with E-state index in [-0.39, 0.29) is 5.97 Å². The first-order valence-electron chi connectivity index (χ1n) is 4.99. The van der Waals surface area contributed by atoms with Crippen LogP contribution in [0.2, 0.25) is 0 Å². The Morgan fingerprint density at radius 3 is 2.62 bits per heavy atom. The Labute approximate surface area is 95.1 Å². The lowest BCUT2D eigenvalue weighted by molar-refractivity contribution is -0.148. The van der Waals surface area contributed by atoms with Gasteiger partial charge in [-0.3, -0.25) is 0 Å². The minimum Gasteiger partial charge on any atom is -0.457 e. The number of rotatable bonds is 2. The van der Waals surface area contributed by atoms with Gasteiger partial charge in [-0.25, -0.2) is 9.78 Å². The van der Waals surface area contributed by atoms with Crippen LogP contribution in [0, 0.1) is 0 Å². The van der Waals surface area contributed by atoms with Gasteiger partial charge in [0.1, 0.15) is 11.4 Å². The van der Waals surface area contributed by atoms with Crippen LogP contribution < -0.4 is 5.73 Å². The maximum Gasteiger partial charge on any atom is 0.331 e. The molecule has 4 nitrogen and oxygen atoms in total. The second-order valence-corrected chi connectivity index (χ2v) is 4.38. The van der Waals surface area contributed by atoms with Crippen molar-refractivity contribution in [3.8, 4) is 0 Å². The molecule has 0 aliphatic rings. The van der Waals surface area contributed by atoms with E-state index in [1.807, 2.05) is 20.8 Å². The number of carbonyl (C=O) groups is 1. The highest BCUT2D eigenvalue weighted by atomic mass is 16.6. The van der Waals surface area contributed by atoms with Gasteiger partial charge in [0, 0.05) is 12.3 Å². The Kier molecular flexibility index (Phi) is 3.66. The first kappa shape index (κ1) is 12.2. The molecule has 1 aromatic rings. The molecular formula is C12H16N2O2. The highest BCUT2D eigenvalue weighted by molar-refractivity contribution is 5.87. The Hall–Kier alpha value is -1.84. The molecular weight excluding hydrogens is 204 g/mol. The van der Waals surface area contributed by atoms with Crippen molar-refractivity contribution < 1.29 is 9.53 Å². The zero-order chi connectivity index (χ0) is 12.2. The molecule has 0 spiro atoms. The normalized spacial score (nSPS) is 11.7. The Morgan fingerprint density at radius 2 is 2.12 bits per heavy atom. The average molecular weight is 220 g/mol. The third-order valence-corrected chi connectivity index (χ3v) is 1.63. The molecule has 1 aromatic heterocycles. The summed E-state index contributed by atoms with van der Waals surface area (Å²) in [5.41, 5.74) is 5.77. The van der Waals surface area contributed by atoms with Crippen LogP contribution in [0.5, 0.6) is 0 Å². The maximum absolute atomic E-state index is 11.3. The van der Waals surface area contributed by atoms with Gasteiger partial charge in [0.2, 0.25) is 0 Å². The summed E-state index contributed by atoms with van der Waals surface area (Å²) in [5, 5.41) is 0. The lowest BCUT2D eigenvalue weighted by Crippen LogP contribution is -2.22. The number of aromatic nitrogens is 1. The Morgan fingerprint density at radius 1 is 1.44 bits per heavy atom.